The van der Waals surface area contributed by atoms with Crippen LogP contribution in [0.4, 0.5) is 22.7 Å². The van der Waals surface area contributed by atoms with Gasteiger partial charge in [0.1, 0.15) is 5.82 Å². The van der Waals surface area contributed by atoms with E-state index in [0.29, 0.717) is 11.5 Å². The average molecular weight is 1200 g/mol. The maximum Gasteiger partial charge on any atom is 0.135 e. The van der Waals surface area contributed by atoms with Crippen molar-refractivity contribution in [2.24, 2.45) is 0 Å². The number of benzene rings is 9. The summed E-state index contributed by atoms with van der Waals surface area (Å²) < 4.78 is 9.23. The van der Waals surface area contributed by atoms with E-state index >= 15 is 0 Å². The van der Waals surface area contributed by atoms with Crippen LogP contribution < -0.4 is 14.5 Å². The number of aromatic nitrogens is 2. The first-order valence-electron chi connectivity index (χ1n) is 26.8. The minimum atomic E-state index is -0.591. The van der Waals surface area contributed by atoms with E-state index in [0.717, 1.165) is 55.9 Å². The molecule has 0 radical (unpaired) electrons. The number of ether oxygens (including phenoxy) is 1. The molecule has 11 aromatic rings. The quantitative estimate of drug-likeness (QED) is 0.0955. The molecule has 390 valence electrons. The molecule has 0 fully saturated rings. The molecule has 0 saturated heterocycles. The molecule has 0 spiro atoms. The molecular weight excluding hydrogens is 1130 g/mol. The van der Waals surface area contributed by atoms with Crippen LogP contribution in [0.25, 0.3) is 27.6 Å². The summed E-state index contributed by atoms with van der Waals surface area (Å²) in [6.45, 7) is 20.5. The Kier molecular flexibility index (Phi) is 13.6. The molecule has 1 aliphatic rings. The van der Waals surface area contributed by atoms with Gasteiger partial charge in [-0.1, -0.05) is 217 Å². The number of para-hydroxylation sites is 4. The zero-order valence-corrected chi connectivity index (χ0v) is 47.8. The van der Waals surface area contributed by atoms with Crippen molar-refractivity contribution in [3.05, 3.63) is 294 Å². The Hall–Kier alpha value is -7.98. The van der Waals surface area contributed by atoms with Crippen LogP contribution in [0.2, 0.25) is 0 Å². The third-order valence-electron chi connectivity index (χ3n) is 16.0. The fourth-order valence-electron chi connectivity index (χ4n) is 11.6. The Morgan fingerprint density at radius 3 is 1.46 bits per heavy atom. The van der Waals surface area contributed by atoms with Gasteiger partial charge in [-0.3, -0.25) is 0 Å². The summed E-state index contributed by atoms with van der Waals surface area (Å²) in [5.41, 5.74) is 14.1. The van der Waals surface area contributed by atoms with E-state index in [1.54, 1.807) is 0 Å². The molecule has 5 nitrogen and oxygen atoms in total. The SMILES string of the molecule is CC(C)(C)c1cc(Oc2[c-]c3c(cc2)c2ccccc2n3-c2cc(C(C)(C)C)ccn2)[c-]c(N2[CH-]N(c3c(C(C)(c4ccccc4)c4ccccc4)cccc3C(C)(c3ccccc3)c3ccccc3)c3ccccc32)c1.[Pt]. The topological polar surface area (TPSA) is 33.5 Å². The Labute approximate surface area is 475 Å². The predicted molar refractivity (Wildman–Crippen MR) is 319 cm³/mol. The van der Waals surface area contributed by atoms with E-state index in [4.69, 9.17) is 9.72 Å². The first-order chi connectivity index (χ1) is 37.2. The van der Waals surface area contributed by atoms with E-state index in [9.17, 15) is 0 Å². The van der Waals surface area contributed by atoms with Crippen molar-refractivity contribution in [2.75, 3.05) is 9.80 Å². The zero-order chi connectivity index (χ0) is 53.1. The molecule has 2 aromatic heterocycles. The van der Waals surface area contributed by atoms with Crippen molar-refractivity contribution < 1.29 is 25.8 Å². The number of nitrogens with zero attached hydrogens (tertiary/aromatic N) is 4. The normalized spacial score (nSPS) is 12.9. The summed E-state index contributed by atoms with van der Waals surface area (Å²) in [7, 11) is 0. The van der Waals surface area contributed by atoms with E-state index < -0.39 is 10.8 Å². The van der Waals surface area contributed by atoms with Gasteiger partial charge in [0.15, 0.2) is 0 Å². The summed E-state index contributed by atoms with van der Waals surface area (Å²) in [4.78, 5) is 9.67. The average Bonchev–Trinajstić information content (AvgIpc) is 4.12. The number of hydrogen-bond acceptors (Lipinski definition) is 4. The molecule has 9 aromatic carbocycles. The second-order valence-electron chi connectivity index (χ2n) is 22.8. The third kappa shape index (κ3) is 9.12. The third-order valence-corrected chi connectivity index (χ3v) is 16.0. The standard InChI is InChI=1S/C72H63N4O.Pt/c1-69(2,3)54-42-43-73-67(46-54)76-63-37-22-21-34-59(63)60-41-40-57(48-66(60)76)77-58-45-55(70(4,5)6)44-56(47-58)74-49-75(65-39-24-23-38-64(65)74)68-61(71(7,50-26-13-9-14-27-50)51-28-15-10-16-29-51)35-25-36-62(68)72(8,52-30-17-11-18-31-52)53-32-19-12-20-33-53;/h9-46,49H,1-8H3;/q-3;. The van der Waals surface area contributed by atoms with Crippen molar-refractivity contribution in [3.63, 3.8) is 0 Å². The minimum absolute atomic E-state index is 0. The number of rotatable bonds is 11. The largest absolute Gasteiger partial charge is 0.509 e. The summed E-state index contributed by atoms with van der Waals surface area (Å²) in [6, 6.07) is 88.5. The van der Waals surface area contributed by atoms with Gasteiger partial charge >= 0.3 is 0 Å². The van der Waals surface area contributed by atoms with E-state index in [1.165, 1.54) is 38.9 Å². The van der Waals surface area contributed by atoms with Crippen LogP contribution >= 0.6 is 0 Å². The van der Waals surface area contributed by atoms with Gasteiger partial charge in [-0.05, 0) is 99.3 Å². The van der Waals surface area contributed by atoms with Gasteiger partial charge < -0.3 is 19.1 Å². The van der Waals surface area contributed by atoms with Crippen LogP contribution in [0.3, 0.4) is 0 Å². The molecule has 78 heavy (non-hydrogen) atoms. The van der Waals surface area contributed by atoms with Crippen LogP contribution in [0.15, 0.2) is 231 Å². The van der Waals surface area contributed by atoms with Gasteiger partial charge in [0.05, 0.1) is 0 Å². The van der Waals surface area contributed by atoms with Crippen molar-refractivity contribution in [1.29, 1.82) is 0 Å². The Bertz CT molecular complexity index is 3750. The van der Waals surface area contributed by atoms with Crippen molar-refractivity contribution in [1.82, 2.24) is 9.55 Å². The Balaban J connectivity index is 0.00000645. The van der Waals surface area contributed by atoms with Crippen molar-refractivity contribution in [2.45, 2.75) is 77.0 Å². The molecule has 0 bridgehead atoms. The Morgan fingerprint density at radius 1 is 0.423 bits per heavy atom. The zero-order valence-electron chi connectivity index (χ0n) is 45.5. The first-order valence-corrected chi connectivity index (χ1v) is 26.8. The smallest absolute Gasteiger partial charge is 0.135 e. The van der Waals surface area contributed by atoms with Gasteiger partial charge in [-0.15, -0.1) is 53.6 Å². The van der Waals surface area contributed by atoms with Gasteiger partial charge in [0, 0.05) is 72.2 Å². The molecular formula is C72H63N4OPt-3. The number of pyridine rings is 1. The molecule has 0 saturated carbocycles. The molecule has 0 aliphatic carbocycles. The maximum absolute atomic E-state index is 7.01. The van der Waals surface area contributed by atoms with E-state index in [1.807, 2.05) is 12.3 Å². The van der Waals surface area contributed by atoms with Crippen molar-refractivity contribution >= 4 is 44.6 Å². The van der Waals surface area contributed by atoms with Gasteiger partial charge in [0.25, 0.3) is 0 Å². The second kappa shape index (κ2) is 20.4. The van der Waals surface area contributed by atoms with Gasteiger partial charge in [-0.2, -0.15) is 6.07 Å². The molecule has 0 amide bonds. The summed E-state index contributed by atoms with van der Waals surface area (Å²) in [6.07, 6.45) is 1.91. The van der Waals surface area contributed by atoms with Crippen LogP contribution in [-0.4, -0.2) is 9.55 Å². The number of fused-ring (bicyclic) bond motifs is 4. The molecule has 3 heterocycles. The van der Waals surface area contributed by atoms with Crippen LogP contribution in [0.5, 0.6) is 11.5 Å². The Morgan fingerprint density at radius 2 is 0.923 bits per heavy atom. The second-order valence-corrected chi connectivity index (χ2v) is 22.8. The van der Waals surface area contributed by atoms with E-state index in [2.05, 4.69) is 307 Å². The monoisotopic (exact) mass is 1190 g/mol. The van der Waals surface area contributed by atoms with E-state index in [-0.39, 0.29) is 31.9 Å². The molecule has 1 aliphatic heterocycles. The number of anilines is 4. The fourth-order valence-corrected chi connectivity index (χ4v) is 11.6. The predicted octanol–water partition coefficient (Wildman–Crippen LogP) is 18.3. The molecule has 0 unspecified atom stereocenters. The van der Waals surface area contributed by atoms with Crippen molar-refractivity contribution in [3.8, 4) is 17.3 Å². The van der Waals surface area contributed by atoms with Crippen LogP contribution in [0, 0.1) is 18.8 Å². The molecule has 0 atom stereocenters. The first kappa shape index (κ1) is 52.1. The maximum atomic E-state index is 7.01. The molecule has 12 rings (SSSR count). The van der Waals surface area contributed by atoms with Gasteiger partial charge in [0.2, 0.25) is 0 Å². The summed E-state index contributed by atoms with van der Waals surface area (Å²) in [5.74, 6) is 2.04. The van der Waals surface area contributed by atoms with Crippen LogP contribution in [0.1, 0.15) is 99.9 Å². The summed E-state index contributed by atoms with van der Waals surface area (Å²) >= 11 is 0. The summed E-state index contributed by atoms with van der Waals surface area (Å²) in [5, 5.41) is 2.22. The molecule has 0 N–H and O–H groups in total. The fraction of sp³-hybridized carbons (Fsp3) is 0.167. The minimum Gasteiger partial charge on any atom is -0.509 e. The molecule has 6 heteroatoms. The van der Waals surface area contributed by atoms with Crippen LogP contribution in [-0.2, 0) is 42.7 Å². The van der Waals surface area contributed by atoms with Gasteiger partial charge in [-0.25, -0.2) is 4.98 Å². The number of hydrogen-bond donors (Lipinski definition) is 0.